The quantitative estimate of drug-likeness (QED) is 0.643. The van der Waals surface area contributed by atoms with Crippen molar-refractivity contribution in [2.24, 2.45) is 0 Å². The molecule has 7 heteroatoms. The molecule has 3 N–H and O–H groups in total. The first-order valence-corrected chi connectivity index (χ1v) is 9.66. The van der Waals surface area contributed by atoms with Crippen molar-refractivity contribution in [3.8, 4) is 0 Å². The number of nitrogens with zero attached hydrogens (tertiary/aromatic N) is 1. The van der Waals surface area contributed by atoms with Crippen LogP contribution in [0.5, 0.6) is 0 Å². The summed E-state index contributed by atoms with van der Waals surface area (Å²) in [5.74, 6) is -0.489. The summed E-state index contributed by atoms with van der Waals surface area (Å²) in [6.45, 7) is 1.05. The van der Waals surface area contributed by atoms with E-state index < -0.39 is 11.7 Å². The van der Waals surface area contributed by atoms with Crippen molar-refractivity contribution in [2.75, 3.05) is 26.2 Å². The van der Waals surface area contributed by atoms with E-state index in [0.29, 0.717) is 36.5 Å². The van der Waals surface area contributed by atoms with Crippen LogP contribution in [0.4, 0.5) is 4.39 Å². The third-order valence-corrected chi connectivity index (χ3v) is 5.30. The maximum absolute atomic E-state index is 13.2. The molecule has 0 radical (unpaired) electrons. The number of benzene rings is 2. The molecule has 5 nitrogen and oxygen atoms in total. The molecule has 1 aliphatic heterocycles. The molecule has 1 saturated heterocycles. The topological polar surface area (TPSA) is 72.8 Å². The first-order valence-electron chi connectivity index (χ1n) is 9.28. The van der Waals surface area contributed by atoms with Crippen LogP contribution >= 0.6 is 11.6 Å². The Hall–Kier alpha value is -1.99. The average Bonchev–Trinajstić information content (AvgIpc) is 2.68. The van der Waals surface area contributed by atoms with Crippen LogP contribution in [0.15, 0.2) is 48.5 Å². The molecule has 1 amide bonds. The molecular formula is C21H24ClFN2O3. The number of likely N-dealkylation sites (tertiary alicyclic amines) is 1. The minimum atomic E-state index is -1.44. The molecule has 0 aliphatic carbocycles. The standard InChI is InChI=1S/C21H24ClFN2O3/c22-17-6-4-16(5-7-17)20(27)25-11-9-19(26)21(28,14-25)13-24-10-8-15-2-1-3-18(23)12-15/h1-7,12,19,24,26,28H,8-11,13-14H2/t19-,21+/m0/s1. The minimum Gasteiger partial charge on any atom is -0.390 e. The number of β-amino-alcohol motifs (C(OH)–C–C–N with tert-alkyl or cyclic N) is 1. The van der Waals surface area contributed by atoms with Crippen LogP contribution in [0.2, 0.25) is 5.02 Å². The van der Waals surface area contributed by atoms with Gasteiger partial charge in [0.15, 0.2) is 0 Å². The van der Waals surface area contributed by atoms with Gasteiger partial charge in [-0.1, -0.05) is 23.7 Å². The Morgan fingerprint density at radius 3 is 2.75 bits per heavy atom. The van der Waals surface area contributed by atoms with Gasteiger partial charge in [-0.05, 0) is 61.3 Å². The van der Waals surface area contributed by atoms with E-state index in [1.807, 2.05) is 6.07 Å². The molecule has 0 bridgehead atoms. The number of hydrogen-bond donors (Lipinski definition) is 3. The van der Waals surface area contributed by atoms with Crippen molar-refractivity contribution < 1.29 is 19.4 Å². The SMILES string of the molecule is O=C(c1ccc(Cl)cc1)N1CC[C@H](O)[C@@](O)(CNCCc2cccc(F)c2)C1. The first-order chi connectivity index (χ1) is 13.4. The molecule has 3 rings (SSSR count). The van der Waals surface area contributed by atoms with Gasteiger partial charge in [0.2, 0.25) is 0 Å². The minimum absolute atomic E-state index is 0.0303. The highest BCUT2D eigenvalue weighted by atomic mass is 35.5. The van der Waals surface area contributed by atoms with Crippen molar-refractivity contribution in [1.82, 2.24) is 10.2 Å². The van der Waals surface area contributed by atoms with E-state index in [2.05, 4.69) is 5.32 Å². The molecule has 0 spiro atoms. The zero-order valence-electron chi connectivity index (χ0n) is 15.4. The molecular weight excluding hydrogens is 383 g/mol. The summed E-state index contributed by atoms with van der Waals surface area (Å²) in [5, 5.41) is 24.9. The predicted molar refractivity (Wildman–Crippen MR) is 106 cm³/mol. The van der Waals surface area contributed by atoms with E-state index in [9.17, 15) is 19.4 Å². The normalized spacial score (nSPS) is 22.3. The number of carbonyl (C=O) groups excluding carboxylic acids is 1. The van der Waals surface area contributed by atoms with Gasteiger partial charge < -0.3 is 20.4 Å². The highest BCUT2D eigenvalue weighted by molar-refractivity contribution is 6.30. The summed E-state index contributed by atoms with van der Waals surface area (Å²) in [6.07, 6.45) is -0.0397. The van der Waals surface area contributed by atoms with Crippen LogP contribution in [0, 0.1) is 5.82 Å². The lowest BCUT2D eigenvalue weighted by Gasteiger charge is -2.42. The Balaban J connectivity index is 1.56. The van der Waals surface area contributed by atoms with Crippen LogP contribution in [0.3, 0.4) is 0 Å². The van der Waals surface area contributed by atoms with Gasteiger partial charge in [0.25, 0.3) is 5.91 Å². The van der Waals surface area contributed by atoms with Crippen LogP contribution in [-0.2, 0) is 6.42 Å². The van der Waals surface area contributed by atoms with Gasteiger partial charge in [-0.25, -0.2) is 4.39 Å². The number of hydrogen-bond acceptors (Lipinski definition) is 4. The Morgan fingerprint density at radius 1 is 1.29 bits per heavy atom. The van der Waals surface area contributed by atoms with E-state index in [4.69, 9.17) is 11.6 Å². The number of nitrogens with one attached hydrogen (secondary N) is 1. The van der Waals surface area contributed by atoms with Crippen LogP contribution in [-0.4, -0.2) is 58.9 Å². The summed E-state index contributed by atoms with van der Waals surface area (Å²) < 4.78 is 13.2. The maximum atomic E-state index is 13.2. The van der Waals surface area contributed by atoms with Gasteiger partial charge in [-0.2, -0.15) is 0 Å². The largest absolute Gasteiger partial charge is 0.390 e. The molecule has 2 atom stereocenters. The van der Waals surface area contributed by atoms with Crippen molar-refractivity contribution in [2.45, 2.75) is 24.5 Å². The lowest BCUT2D eigenvalue weighted by atomic mass is 9.89. The second-order valence-corrected chi connectivity index (χ2v) is 7.63. The van der Waals surface area contributed by atoms with Gasteiger partial charge in [-0.15, -0.1) is 0 Å². The molecule has 150 valence electrons. The van der Waals surface area contributed by atoms with E-state index in [0.717, 1.165) is 5.56 Å². The average molecular weight is 407 g/mol. The van der Waals surface area contributed by atoms with Crippen molar-refractivity contribution >= 4 is 17.5 Å². The monoisotopic (exact) mass is 406 g/mol. The maximum Gasteiger partial charge on any atom is 0.253 e. The molecule has 28 heavy (non-hydrogen) atoms. The number of halogens is 2. The van der Waals surface area contributed by atoms with E-state index in [-0.39, 0.29) is 24.8 Å². The highest BCUT2D eigenvalue weighted by Gasteiger charge is 2.42. The van der Waals surface area contributed by atoms with Crippen LogP contribution in [0.25, 0.3) is 0 Å². The molecule has 1 aliphatic rings. The second-order valence-electron chi connectivity index (χ2n) is 7.20. The summed E-state index contributed by atoms with van der Waals surface area (Å²) in [6, 6.07) is 12.9. The van der Waals surface area contributed by atoms with Crippen molar-refractivity contribution in [3.63, 3.8) is 0 Å². The summed E-state index contributed by atoms with van der Waals surface area (Å²) in [7, 11) is 0. The lowest BCUT2D eigenvalue weighted by molar-refractivity contribution is -0.111. The first kappa shape index (κ1) is 20.7. The lowest BCUT2D eigenvalue weighted by Crippen LogP contribution is -2.62. The van der Waals surface area contributed by atoms with Gasteiger partial charge in [0, 0.05) is 23.7 Å². The fourth-order valence-corrected chi connectivity index (χ4v) is 3.54. The fraction of sp³-hybridized carbons (Fsp3) is 0.381. The van der Waals surface area contributed by atoms with Gasteiger partial charge in [-0.3, -0.25) is 4.79 Å². The Labute approximate surface area is 168 Å². The molecule has 2 aromatic carbocycles. The molecule has 0 aromatic heterocycles. The Kier molecular flexibility index (Phi) is 6.67. The van der Waals surface area contributed by atoms with Crippen LogP contribution < -0.4 is 5.32 Å². The number of piperidine rings is 1. The zero-order valence-corrected chi connectivity index (χ0v) is 16.2. The Bertz CT molecular complexity index is 818. The molecule has 0 saturated carbocycles. The number of aliphatic hydroxyl groups is 2. The molecule has 1 heterocycles. The third-order valence-electron chi connectivity index (χ3n) is 5.05. The zero-order chi connectivity index (χ0) is 20.1. The third kappa shape index (κ3) is 5.08. The Morgan fingerprint density at radius 2 is 2.04 bits per heavy atom. The van der Waals surface area contributed by atoms with Gasteiger partial charge in [0.05, 0.1) is 12.6 Å². The fourth-order valence-electron chi connectivity index (χ4n) is 3.41. The number of carbonyl (C=O) groups is 1. The van der Waals surface area contributed by atoms with Gasteiger partial charge in [0.1, 0.15) is 11.4 Å². The smallest absolute Gasteiger partial charge is 0.253 e. The van der Waals surface area contributed by atoms with E-state index >= 15 is 0 Å². The number of aliphatic hydroxyl groups excluding tert-OH is 1. The summed E-state index contributed by atoms with van der Waals surface area (Å²) in [5.41, 5.74) is -0.104. The predicted octanol–water partition coefficient (Wildman–Crippen LogP) is 2.25. The molecule has 2 aromatic rings. The summed E-state index contributed by atoms with van der Waals surface area (Å²) >= 11 is 5.86. The van der Waals surface area contributed by atoms with E-state index in [1.54, 1.807) is 35.2 Å². The van der Waals surface area contributed by atoms with Gasteiger partial charge >= 0.3 is 0 Å². The second kappa shape index (κ2) is 9.01. The molecule has 0 unspecified atom stereocenters. The van der Waals surface area contributed by atoms with E-state index in [1.165, 1.54) is 12.1 Å². The van der Waals surface area contributed by atoms with Crippen LogP contribution in [0.1, 0.15) is 22.3 Å². The highest BCUT2D eigenvalue weighted by Crippen LogP contribution is 2.23. The molecule has 1 fully saturated rings. The number of rotatable bonds is 6. The summed E-state index contributed by atoms with van der Waals surface area (Å²) in [4.78, 5) is 14.2. The van der Waals surface area contributed by atoms with Crippen molar-refractivity contribution in [1.29, 1.82) is 0 Å². The van der Waals surface area contributed by atoms with Crippen molar-refractivity contribution in [3.05, 3.63) is 70.5 Å². The number of amides is 1.